The number of aliphatic hydroxyl groups is 4. The number of ether oxygens (including phenoxy) is 3. The Bertz CT molecular complexity index is 1080. The van der Waals surface area contributed by atoms with E-state index >= 15 is 0 Å². The summed E-state index contributed by atoms with van der Waals surface area (Å²) >= 11 is 0. The van der Waals surface area contributed by atoms with E-state index in [1.54, 1.807) is 0 Å². The minimum Gasteiger partial charge on any atom is -0.756 e. The Morgan fingerprint density at radius 3 is 1.28 bits per heavy atom. The lowest BCUT2D eigenvalue weighted by molar-refractivity contribution is -0.305. The van der Waals surface area contributed by atoms with Gasteiger partial charge in [0.15, 0.2) is 12.4 Å². The summed E-state index contributed by atoms with van der Waals surface area (Å²) in [6, 6.07) is 0. The van der Waals surface area contributed by atoms with Crippen LogP contribution in [0.25, 0.3) is 0 Å². The van der Waals surface area contributed by atoms with E-state index in [-0.39, 0.29) is 12.8 Å². The van der Waals surface area contributed by atoms with Crippen molar-refractivity contribution >= 4 is 19.8 Å². The molecule has 14 heteroatoms. The molecule has 1 rings (SSSR count). The molecule has 0 saturated carbocycles. The lowest BCUT2D eigenvalue weighted by atomic mass is 10.00. The molecule has 13 nitrogen and oxygen atoms in total. The van der Waals surface area contributed by atoms with Gasteiger partial charge < -0.3 is 44.1 Å². The number of aliphatic hydroxyl groups excluding tert-OH is 4. The fourth-order valence-electron chi connectivity index (χ4n) is 7.74. The molecule has 0 aromatic rings. The number of carbonyl (C=O) groups excluding carboxylic acids is 2. The second-order valence-electron chi connectivity index (χ2n) is 17.4. The van der Waals surface area contributed by atoms with Crippen LogP contribution in [0.4, 0.5) is 0 Å². The second kappa shape index (κ2) is 39.2. The van der Waals surface area contributed by atoms with Crippen molar-refractivity contribution in [1.29, 1.82) is 0 Å². The number of rotatable bonds is 43. The van der Waals surface area contributed by atoms with E-state index in [1.165, 1.54) is 154 Å². The van der Waals surface area contributed by atoms with Gasteiger partial charge >= 0.3 is 11.9 Å². The van der Waals surface area contributed by atoms with Gasteiger partial charge in [0.25, 0.3) is 7.82 Å². The topological polar surface area (TPSA) is 201 Å². The molecule has 1 heterocycles. The molecule has 1 aliphatic heterocycles. The van der Waals surface area contributed by atoms with Gasteiger partial charge in [0.05, 0.1) is 13.2 Å². The number of unbranched alkanes of at least 4 members (excludes halogenated alkanes) is 30. The van der Waals surface area contributed by atoms with E-state index in [9.17, 15) is 39.5 Å². The number of hydrogen-bond acceptors (Lipinski definition) is 13. The molecule has 0 aliphatic carbocycles. The van der Waals surface area contributed by atoms with Crippen molar-refractivity contribution in [2.45, 2.75) is 269 Å². The van der Waals surface area contributed by atoms with Crippen LogP contribution in [0.2, 0.25) is 0 Å². The van der Waals surface area contributed by atoms with Crippen molar-refractivity contribution in [2.75, 3.05) is 19.8 Å². The van der Waals surface area contributed by atoms with Crippen molar-refractivity contribution in [3.8, 4) is 0 Å². The monoisotopic (exact) mass is 894 g/mol. The van der Waals surface area contributed by atoms with Gasteiger partial charge in [0.1, 0.15) is 31.0 Å². The third kappa shape index (κ3) is 32.2. The number of carbonyl (C=O) groups is 2. The number of phosphoric ester groups is 1. The highest BCUT2D eigenvalue weighted by Crippen LogP contribution is 2.42. The molecule has 4 N–H and O–H groups in total. The van der Waals surface area contributed by atoms with Crippen molar-refractivity contribution in [3.05, 3.63) is 0 Å². The zero-order chi connectivity index (χ0) is 44.8. The summed E-state index contributed by atoms with van der Waals surface area (Å²) in [5.41, 5.74) is 0. The molecule has 0 bridgehead atoms. The quantitative estimate of drug-likeness (QED) is 0.0256. The van der Waals surface area contributed by atoms with Gasteiger partial charge in [-0.15, -0.1) is 0 Å². The van der Waals surface area contributed by atoms with Crippen LogP contribution in [-0.4, -0.2) is 89.0 Å². The predicted molar refractivity (Wildman–Crippen MR) is 238 cm³/mol. The number of phosphoric acid groups is 1. The third-order valence-electron chi connectivity index (χ3n) is 11.7. The molecule has 0 radical (unpaired) electrons. The molecule has 362 valence electrons. The Morgan fingerprint density at radius 1 is 0.541 bits per heavy atom. The van der Waals surface area contributed by atoms with Crippen molar-refractivity contribution in [2.24, 2.45) is 0 Å². The van der Waals surface area contributed by atoms with Crippen molar-refractivity contribution < 1.29 is 62.7 Å². The van der Waals surface area contributed by atoms with Crippen LogP contribution in [0.1, 0.15) is 232 Å². The van der Waals surface area contributed by atoms with Crippen LogP contribution >= 0.6 is 7.82 Å². The van der Waals surface area contributed by atoms with Gasteiger partial charge in [-0.3, -0.25) is 18.7 Å². The molecule has 0 aromatic carbocycles. The number of esters is 2. The minimum atomic E-state index is -5.27. The summed E-state index contributed by atoms with van der Waals surface area (Å²) in [7, 11) is -5.27. The maximum absolute atomic E-state index is 12.8. The van der Waals surface area contributed by atoms with E-state index in [4.69, 9.17) is 23.3 Å². The smallest absolute Gasteiger partial charge is 0.306 e. The molecule has 1 fully saturated rings. The molecule has 7 atom stereocenters. The first kappa shape index (κ1) is 57.9. The Labute approximate surface area is 370 Å². The molecule has 61 heavy (non-hydrogen) atoms. The normalized spacial score (nSPS) is 20.7. The summed E-state index contributed by atoms with van der Waals surface area (Å²) in [5.74, 6) is -1.07. The summed E-state index contributed by atoms with van der Waals surface area (Å²) in [5, 5.41) is 39.6. The Morgan fingerprint density at radius 2 is 0.902 bits per heavy atom. The maximum atomic E-state index is 12.8. The zero-order valence-corrected chi connectivity index (χ0v) is 39.4. The third-order valence-corrected chi connectivity index (χ3v) is 12.6. The Balaban J connectivity index is 2.39. The highest BCUT2D eigenvalue weighted by molar-refractivity contribution is 7.45. The lowest BCUT2D eigenvalue weighted by Crippen LogP contribution is -2.59. The van der Waals surface area contributed by atoms with Gasteiger partial charge in [0, 0.05) is 12.8 Å². The fraction of sp³-hybridized carbons (Fsp3) is 0.957. The first-order valence-corrected chi connectivity index (χ1v) is 26.3. The zero-order valence-electron chi connectivity index (χ0n) is 38.5. The van der Waals surface area contributed by atoms with Gasteiger partial charge in [0.2, 0.25) is 0 Å². The summed E-state index contributed by atoms with van der Waals surface area (Å²) in [4.78, 5) is 38.1. The van der Waals surface area contributed by atoms with Gasteiger partial charge in [-0.1, -0.05) is 206 Å². The maximum Gasteiger partial charge on any atom is 0.306 e. The SMILES string of the molecule is CCCCCCCCCCCCCCCCCCCC(=O)O[C@H](COC(=O)CCCCCCCCCCCCCCCCC)COP(=O)([O-])O[C@@H]1O[C@H](CO)[C@@H](O)[C@H](O)[C@H]1O. The second-order valence-corrected chi connectivity index (χ2v) is 18.8. The van der Waals surface area contributed by atoms with Gasteiger partial charge in [-0.2, -0.15) is 0 Å². The van der Waals surface area contributed by atoms with E-state index in [2.05, 4.69) is 13.8 Å². The Hall–Kier alpha value is -1.15. The minimum absolute atomic E-state index is 0.110. The first-order chi connectivity index (χ1) is 29.5. The van der Waals surface area contributed by atoms with Crippen LogP contribution in [0.3, 0.4) is 0 Å². The molecular formula is C47H90O13P-. The van der Waals surface area contributed by atoms with Crippen LogP contribution in [0.15, 0.2) is 0 Å². The van der Waals surface area contributed by atoms with Gasteiger partial charge in [-0.25, -0.2) is 0 Å². The summed E-state index contributed by atoms with van der Waals surface area (Å²) in [6.07, 6.45) is 28.9. The lowest BCUT2D eigenvalue weighted by Gasteiger charge is -2.41. The average molecular weight is 894 g/mol. The van der Waals surface area contributed by atoms with Gasteiger partial charge in [-0.05, 0) is 12.8 Å². The molecule has 0 spiro atoms. The average Bonchev–Trinajstić information content (AvgIpc) is 3.24. The summed E-state index contributed by atoms with van der Waals surface area (Å²) in [6.45, 7) is 2.55. The van der Waals surface area contributed by atoms with Crippen LogP contribution in [0.5, 0.6) is 0 Å². The molecule has 0 amide bonds. The van der Waals surface area contributed by atoms with Crippen molar-refractivity contribution in [1.82, 2.24) is 0 Å². The molecule has 1 saturated heterocycles. The van der Waals surface area contributed by atoms with E-state index < -0.39 is 76.4 Å². The van der Waals surface area contributed by atoms with Crippen molar-refractivity contribution in [3.63, 3.8) is 0 Å². The van der Waals surface area contributed by atoms with Crippen LogP contribution in [0, 0.1) is 0 Å². The molecule has 1 aliphatic rings. The largest absolute Gasteiger partial charge is 0.756 e. The molecule has 1 unspecified atom stereocenters. The standard InChI is InChI=1S/C47H91O13P/c1-3-5-7-9-11-13-15-17-19-20-22-24-26-28-30-32-34-36-43(50)58-40(39-57-61(54,55)60-47-46(53)45(52)44(51)41(37-48)59-47)38-56-42(49)35-33-31-29-27-25-23-21-18-16-14-12-10-8-6-4-2/h40-41,44-48,51-53H,3-39H2,1-2H3,(H,54,55)/p-1/t40-,41-,44-,45+,46-,47+/m1/s1. The van der Waals surface area contributed by atoms with E-state index in [0.717, 1.165) is 38.5 Å². The highest BCUT2D eigenvalue weighted by Gasteiger charge is 2.45. The van der Waals surface area contributed by atoms with Crippen LogP contribution in [-0.2, 0) is 37.4 Å². The fourth-order valence-corrected chi connectivity index (χ4v) is 8.58. The first-order valence-electron chi connectivity index (χ1n) is 24.8. The Kier molecular flexibility index (Phi) is 37.2. The van der Waals surface area contributed by atoms with E-state index in [0.29, 0.717) is 12.8 Å². The van der Waals surface area contributed by atoms with Crippen LogP contribution < -0.4 is 4.89 Å². The molecular weight excluding hydrogens is 803 g/mol. The summed E-state index contributed by atoms with van der Waals surface area (Å²) < 4.78 is 38.4. The van der Waals surface area contributed by atoms with E-state index in [1.807, 2.05) is 0 Å². The molecule has 0 aromatic heterocycles. The number of hydrogen-bond donors (Lipinski definition) is 4. The highest BCUT2D eigenvalue weighted by atomic mass is 31.2. The predicted octanol–water partition coefficient (Wildman–Crippen LogP) is 10.0.